The number of hydrogen-bond donors (Lipinski definition) is 6. The SMILES string of the molecule is CC1(C)C(/C=C/C(=C/C=C2/N(CCCS(=O)(=O)O)c3ccc(S(=O)(=O)O)cc3C2(C)C)c2ccc(C(=O)NCc3ccc(C(=O)Nc4nnc(S(N)(=O)=O)s4)cn3)cn2)=[N+](CCCS(=O)(=O)[O-])c2ccc(S(=O)(=O)O)cc21. The second-order valence-corrected chi connectivity index (χ2v) is 27.2. The van der Waals surface area contributed by atoms with Gasteiger partial charge in [0.1, 0.15) is 6.54 Å². The summed E-state index contributed by atoms with van der Waals surface area (Å²) < 4.78 is 162. The summed E-state index contributed by atoms with van der Waals surface area (Å²) in [6.45, 7) is 6.99. The van der Waals surface area contributed by atoms with Crippen molar-refractivity contribution in [2.24, 2.45) is 5.14 Å². The number of primary sulfonamides is 1. The fourth-order valence-electron chi connectivity index (χ4n) is 8.66. The highest BCUT2D eigenvalue weighted by molar-refractivity contribution is 7.91. The summed E-state index contributed by atoms with van der Waals surface area (Å²) in [5, 5.41) is 17.1. The quantitative estimate of drug-likeness (QED) is 0.0281. The zero-order valence-electron chi connectivity index (χ0n) is 41.0. The first-order valence-corrected chi connectivity index (χ1v) is 31.1. The van der Waals surface area contributed by atoms with Crippen LogP contribution in [0.1, 0.15) is 83.8 Å². The maximum absolute atomic E-state index is 13.5. The van der Waals surface area contributed by atoms with Crippen LogP contribution < -0.4 is 20.7 Å². The molecule has 2 aromatic carbocycles. The van der Waals surface area contributed by atoms with Gasteiger partial charge in [0, 0.05) is 71.2 Å². The molecule has 5 aromatic rings. The molecule has 77 heavy (non-hydrogen) atoms. The van der Waals surface area contributed by atoms with Crippen LogP contribution in [0.4, 0.5) is 16.5 Å². The predicted molar refractivity (Wildman–Crippen MR) is 280 cm³/mol. The Labute approximate surface area is 447 Å². The molecule has 0 unspecified atom stereocenters. The number of nitrogens with two attached hydrogens (primary N) is 1. The number of amides is 2. The maximum Gasteiger partial charge on any atom is 0.294 e. The lowest BCUT2D eigenvalue weighted by molar-refractivity contribution is -0.437. The Hall–Kier alpha value is -6.52. The largest absolute Gasteiger partial charge is 0.748 e. The van der Waals surface area contributed by atoms with Gasteiger partial charge in [-0.1, -0.05) is 31.3 Å². The molecule has 0 aliphatic carbocycles. The minimum absolute atomic E-state index is 0.0170. The molecular formula is C46H49N9O16S6. The van der Waals surface area contributed by atoms with E-state index in [9.17, 15) is 69.9 Å². The number of aromatic nitrogens is 4. The van der Waals surface area contributed by atoms with Gasteiger partial charge in [0.05, 0.1) is 60.1 Å². The molecule has 25 nitrogen and oxygen atoms in total. The van der Waals surface area contributed by atoms with Crippen LogP contribution in [-0.4, -0.2) is 127 Å². The number of carbonyl (C=O) groups is 2. The summed E-state index contributed by atoms with van der Waals surface area (Å²) in [7, 11) is -22.5. The number of sulfonamides is 1. The normalized spacial score (nSPS) is 16.2. The van der Waals surface area contributed by atoms with Gasteiger partial charge in [0.2, 0.25) is 15.2 Å². The van der Waals surface area contributed by atoms with E-state index in [-0.39, 0.29) is 59.3 Å². The first-order valence-electron chi connectivity index (χ1n) is 22.7. The van der Waals surface area contributed by atoms with Gasteiger partial charge < -0.3 is 14.8 Å². The fraction of sp³-hybridized carbons (Fsp3) is 0.283. The van der Waals surface area contributed by atoms with Crippen LogP contribution in [0.3, 0.4) is 0 Å². The molecular weight excluding hydrogens is 1130 g/mol. The number of fused-ring (bicyclic) bond motifs is 2. The van der Waals surface area contributed by atoms with Crippen molar-refractivity contribution in [3.8, 4) is 0 Å². The van der Waals surface area contributed by atoms with Crippen molar-refractivity contribution in [1.29, 1.82) is 0 Å². The Bertz CT molecular complexity index is 3910. The van der Waals surface area contributed by atoms with E-state index in [1.165, 1.54) is 73.1 Å². The molecule has 31 heteroatoms. The molecule has 0 atom stereocenters. The highest BCUT2D eigenvalue weighted by Crippen LogP contribution is 2.49. The van der Waals surface area contributed by atoms with Crippen LogP contribution in [-0.2, 0) is 67.9 Å². The topological polar surface area (TPSA) is 396 Å². The number of nitrogens with zero attached hydrogens (tertiary/aromatic N) is 6. The maximum atomic E-state index is 13.5. The van der Waals surface area contributed by atoms with Gasteiger partial charge in [-0.25, -0.2) is 22.0 Å². The second kappa shape index (κ2) is 21.7. The fourth-order valence-corrected chi connectivity index (χ4v) is 12.0. The molecule has 0 radical (unpaired) electrons. The van der Waals surface area contributed by atoms with Crippen molar-refractivity contribution in [3.05, 3.63) is 137 Å². The van der Waals surface area contributed by atoms with Gasteiger partial charge in [-0.3, -0.25) is 38.5 Å². The number of nitrogens with one attached hydrogen (secondary N) is 2. The summed E-state index contributed by atoms with van der Waals surface area (Å²) >= 11 is 0.553. The van der Waals surface area contributed by atoms with Crippen molar-refractivity contribution in [2.75, 3.05) is 34.8 Å². The Morgan fingerprint density at radius 2 is 1.42 bits per heavy atom. The Morgan fingerprint density at radius 3 is 2.00 bits per heavy atom. The van der Waals surface area contributed by atoms with Crippen molar-refractivity contribution in [3.63, 3.8) is 0 Å². The summed E-state index contributed by atoms with van der Waals surface area (Å²) in [5.74, 6) is -2.57. The molecule has 3 aromatic heterocycles. The highest BCUT2D eigenvalue weighted by atomic mass is 32.3. The Kier molecular flexibility index (Phi) is 16.4. The summed E-state index contributed by atoms with van der Waals surface area (Å²) in [5.41, 5.74) is 1.94. The molecule has 5 heterocycles. The van der Waals surface area contributed by atoms with Gasteiger partial charge in [0.15, 0.2) is 5.71 Å². The van der Waals surface area contributed by atoms with Crippen molar-refractivity contribution >= 4 is 101 Å². The molecule has 7 rings (SSSR count). The molecule has 410 valence electrons. The summed E-state index contributed by atoms with van der Waals surface area (Å²) in [6.07, 6.45) is 8.96. The Morgan fingerprint density at radius 1 is 0.779 bits per heavy atom. The van der Waals surface area contributed by atoms with E-state index in [0.29, 0.717) is 56.5 Å². The minimum atomic E-state index is -4.67. The third-order valence-electron chi connectivity index (χ3n) is 12.4. The van der Waals surface area contributed by atoms with E-state index in [1.807, 2.05) is 0 Å². The zero-order chi connectivity index (χ0) is 56.7. The van der Waals surface area contributed by atoms with Crippen molar-refractivity contribution < 1.29 is 74.5 Å². The standard InChI is InChI=1S/C46H49N9O16S6/c1-45(2)34-23-32(76(66,67)68)12-15-37(34)54(19-5-21-73(58,59)60)39(45)17-9-28(10-18-40-46(3,4)35-24-33(77(69,70)71)13-16-38(35)55(40)20-6-22-74(61,62)63)36-14-8-29(26-49-36)41(56)50-27-31-11-7-30(25-48-31)42(57)51-43-52-53-44(72-43)75(47,64)65/h7-18,23-26H,5-6,19-22,27H2,1-4H3,(H7-,47,50,51,52,56,57,58,59,60,61,62,63,64,65,66,67,68,69,70,71). The first-order chi connectivity index (χ1) is 35.6. The van der Waals surface area contributed by atoms with E-state index in [4.69, 9.17) is 5.14 Å². The van der Waals surface area contributed by atoms with Gasteiger partial charge in [-0.2, -0.15) is 29.8 Å². The molecule has 2 amide bonds. The van der Waals surface area contributed by atoms with Crippen LogP contribution in [0.25, 0.3) is 5.57 Å². The molecule has 7 N–H and O–H groups in total. The number of anilines is 2. The molecule has 0 fully saturated rings. The monoisotopic (exact) mass is 1180 g/mol. The molecule has 0 saturated heterocycles. The highest BCUT2D eigenvalue weighted by Gasteiger charge is 2.45. The van der Waals surface area contributed by atoms with Crippen LogP contribution in [0.5, 0.6) is 0 Å². The summed E-state index contributed by atoms with van der Waals surface area (Å²) in [6, 6.07) is 13.8. The third-order valence-corrected chi connectivity index (χ3v) is 17.9. The van der Waals surface area contributed by atoms with Gasteiger partial charge in [-0.05, 0) is 92.6 Å². The van der Waals surface area contributed by atoms with E-state index in [1.54, 1.807) is 61.5 Å². The molecule has 0 saturated carbocycles. The minimum Gasteiger partial charge on any atom is -0.748 e. The number of pyridine rings is 2. The summed E-state index contributed by atoms with van der Waals surface area (Å²) in [4.78, 5) is 36.0. The van der Waals surface area contributed by atoms with Crippen molar-refractivity contribution in [2.45, 2.75) is 72.0 Å². The van der Waals surface area contributed by atoms with Crippen LogP contribution >= 0.6 is 11.3 Å². The van der Waals surface area contributed by atoms with E-state index < -0.39 is 93.9 Å². The molecule has 0 bridgehead atoms. The number of allylic oxidation sites excluding steroid dienone is 6. The van der Waals surface area contributed by atoms with E-state index in [0.717, 1.165) is 0 Å². The van der Waals surface area contributed by atoms with Gasteiger partial charge in [0.25, 0.3) is 52.2 Å². The molecule has 0 spiro atoms. The number of carbonyl (C=O) groups excluding carboxylic acids is 2. The molecule has 2 aliphatic heterocycles. The lowest BCUT2D eigenvalue weighted by Crippen LogP contribution is -2.28. The van der Waals surface area contributed by atoms with Gasteiger partial charge >= 0.3 is 0 Å². The molecule has 2 aliphatic rings. The smallest absolute Gasteiger partial charge is 0.294 e. The van der Waals surface area contributed by atoms with Gasteiger partial charge in [-0.15, -0.1) is 10.2 Å². The zero-order valence-corrected chi connectivity index (χ0v) is 45.9. The average molecular weight is 1180 g/mol. The number of benzene rings is 2. The Balaban J connectivity index is 1.25. The number of hydrogen-bond acceptors (Lipinski definition) is 19. The lowest BCUT2D eigenvalue weighted by Gasteiger charge is -2.27. The van der Waals surface area contributed by atoms with Crippen LogP contribution in [0.15, 0.2) is 117 Å². The number of rotatable bonds is 20. The van der Waals surface area contributed by atoms with E-state index >= 15 is 0 Å². The predicted octanol–water partition coefficient (Wildman–Crippen LogP) is 3.56. The van der Waals surface area contributed by atoms with Crippen LogP contribution in [0, 0.1) is 0 Å². The van der Waals surface area contributed by atoms with Crippen molar-refractivity contribution in [1.82, 2.24) is 25.5 Å². The third kappa shape index (κ3) is 13.8. The van der Waals surface area contributed by atoms with E-state index in [2.05, 4.69) is 30.8 Å². The first kappa shape index (κ1) is 58.2. The second-order valence-electron chi connectivity index (χ2n) is 18.5. The van der Waals surface area contributed by atoms with Crippen LogP contribution in [0.2, 0.25) is 0 Å². The lowest BCUT2D eigenvalue weighted by atomic mass is 9.81. The average Bonchev–Trinajstić information content (AvgIpc) is 3.95.